The molecule has 0 aliphatic carbocycles. The number of rotatable bonds is 12. The molecule has 2 aliphatic rings. The number of fused-ring (bicyclic) bond motifs is 1. The van der Waals surface area contributed by atoms with E-state index >= 15 is 0 Å². The SMILES string of the molecule is COCCCN1CCOc2ccc(COC3CNCCC3c3ccc(OCCN(C)C)cc3)cc21. The summed E-state index contributed by atoms with van der Waals surface area (Å²) in [5.74, 6) is 2.26. The number of nitrogens with one attached hydrogen (secondary N) is 1. The Morgan fingerprint density at radius 1 is 1.11 bits per heavy atom. The van der Waals surface area contributed by atoms with E-state index in [1.807, 2.05) is 0 Å². The number of nitrogens with zero attached hydrogens (tertiary/aromatic N) is 2. The maximum absolute atomic E-state index is 6.50. The third-order valence-corrected chi connectivity index (χ3v) is 6.77. The van der Waals surface area contributed by atoms with E-state index in [4.69, 9.17) is 18.9 Å². The van der Waals surface area contributed by atoms with Gasteiger partial charge in [0.05, 0.1) is 24.9 Å². The minimum absolute atomic E-state index is 0.134. The van der Waals surface area contributed by atoms with Crippen molar-refractivity contribution in [2.45, 2.75) is 31.5 Å². The maximum Gasteiger partial charge on any atom is 0.142 e. The van der Waals surface area contributed by atoms with Crippen molar-refractivity contribution in [1.82, 2.24) is 10.2 Å². The van der Waals surface area contributed by atoms with Crippen molar-refractivity contribution >= 4 is 5.69 Å². The van der Waals surface area contributed by atoms with Crippen LogP contribution in [0.4, 0.5) is 5.69 Å². The Morgan fingerprint density at radius 2 is 1.97 bits per heavy atom. The van der Waals surface area contributed by atoms with Gasteiger partial charge in [-0.2, -0.15) is 0 Å². The minimum atomic E-state index is 0.134. The number of ether oxygens (including phenoxy) is 4. The first-order chi connectivity index (χ1) is 17.1. The van der Waals surface area contributed by atoms with Gasteiger partial charge in [-0.3, -0.25) is 0 Å². The molecular weight excluding hydrogens is 442 g/mol. The lowest BCUT2D eigenvalue weighted by atomic mass is 9.87. The number of anilines is 1. The molecule has 0 amide bonds. The third-order valence-electron chi connectivity index (χ3n) is 6.77. The zero-order chi connectivity index (χ0) is 24.5. The lowest BCUT2D eigenvalue weighted by Gasteiger charge is -2.33. The van der Waals surface area contributed by atoms with Crippen molar-refractivity contribution in [2.24, 2.45) is 0 Å². The predicted molar refractivity (Wildman–Crippen MR) is 140 cm³/mol. The van der Waals surface area contributed by atoms with E-state index in [9.17, 15) is 0 Å². The average Bonchev–Trinajstić information content (AvgIpc) is 2.88. The fourth-order valence-corrected chi connectivity index (χ4v) is 4.79. The van der Waals surface area contributed by atoms with Gasteiger partial charge < -0.3 is 34.1 Å². The van der Waals surface area contributed by atoms with Gasteiger partial charge in [-0.25, -0.2) is 0 Å². The van der Waals surface area contributed by atoms with Crippen LogP contribution >= 0.6 is 0 Å². The van der Waals surface area contributed by atoms with Gasteiger partial charge >= 0.3 is 0 Å². The Morgan fingerprint density at radius 3 is 2.77 bits per heavy atom. The van der Waals surface area contributed by atoms with E-state index in [1.165, 1.54) is 11.1 Å². The molecular formula is C28H41N3O4. The number of piperidine rings is 1. The summed E-state index contributed by atoms with van der Waals surface area (Å²) in [4.78, 5) is 4.52. The highest BCUT2D eigenvalue weighted by atomic mass is 16.5. The van der Waals surface area contributed by atoms with Crippen LogP contribution in [0.2, 0.25) is 0 Å². The zero-order valence-corrected chi connectivity index (χ0v) is 21.5. The molecule has 1 fully saturated rings. The molecule has 0 aromatic heterocycles. The topological polar surface area (TPSA) is 55.4 Å². The first kappa shape index (κ1) is 25.8. The fourth-order valence-electron chi connectivity index (χ4n) is 4.79. The Kier molecular flexibility index (Phi) is 9.66. The summed E-state index contributed by atoms with van der Waals surface area (Å²) in [5, 5.41) is 3.51. The highest BCUT2D eigenvalue weighted by Gasteiger charge is 2.27. The summed E-state index contributed by atoms with van der Waals surface area (Å²) >= 11 is 0. The van der Waals surface area contributed by atoms with Crippen molar-refractivity contribution in [3.8, 4) is 11.5 Å². The van der Waals surface area contributed by atoms with Crippen LogP contribution in [0.3, 0.4) is 0 Å². The van der Waals surface area contributed by atoms with Crippen molar-refractivity contribution in [2.75, 3.05) is 78.6 Å². The minimum Gasteiger partial charge on any atom is -0.492 e. The standard InChI is InChI=1S/C28H41N3O4/c1-30(2)14-17-33-24-8-6-23(7-9-24)25-11-12-29-20-28(25)35-21-22-5-10-27-26(19-22)31(15-18-34-27)13-4-16-32-3/h5-10,19,25,28-29H,4,11-18,20-21H2,1-3H3. The van der Waals surface area contributed by atoms with Crippen LogP contribution in [0.25, 0.3) is 0 Å². The van der Waals surface area contributed by atoms with Crippen LogP contribution in [-0.4, -0.2) is 84.8 Å². The van der Waals surface area contributed by atoms with Gasteiger partial charge in [0.1, 0.15) is 24.7 Å². The van der Waals surface area contributed by atoms with Crippen LogP contribution in [0.5, 0.6) is 11.5 Å². The summed E-state index contributed by atoms with van der Waals surface area (Å²) in [6, 6.07) is 15.0. The molecule has 2 unspecified atom stereocenters. The summed E-state index contributed by atoms with van der Waals surface area (Å²) in [7, 11) is 5.87. The Balaban J connectivity index is 1.36. The molecule has 1 N–H and O–H groups in total. The monoisotopic (exact) mass is 483 g/mol. The first-order valence-corrected chi connectivity index (χ1v) is 12.8. The van der Waals surface area contributed by atoms with Crippen LogP contribution in [0.1, 0.15) is 29.9 Å². The quantitative estimate of drug-likeness (QED) is 0.464. The Bertz CT molecular complexity index is 906. The summed E-state index contributed by atoms with van der Waals surface area (Å²) in [6.07, 6.45) is 2.21. The van der Waals surface area contributed by atoms with Crippen molar-refractivity contribution in [3.05, 3.63) is 53.6 Å². The fraction of sp³-hybridized carbons (Fsp3) is 0.571. The molecule has 2 aromatic carbocycles. The van der Waals surface area contributed by atoms with Gasteiger partial charge in [-0.1, -0.05) is 18.2 Å². The number of methoxy groups -OCH3 is 1. The molecule has 2 aromatic rings. The largest absolute Gasteiger partial charge is 0.492 e. The Labute approximate surface area is 210 Å². The lowest BCUT2D eigenvalue weighted by Crippen LogP contribution is -2.41. The van der Waals surface area contributed by atoms with Crippen LogP contribution in [0.15, 0.2) is 42.5 Å². The highest BCUT2D eigenvalue weighted by Crippen LogP contribution is 2.34. The lowest BCUT2D eigenvalue weighted by molar-refractivity contribution is 0.0106. The molecule has 35 heavy (non-hydrogen) atoms. The molecule has 0 bridgehead atoms. The number of benzene rings is 2. The molecule has 4 rings (SSSR count). The zero-order valence-electron chi connectivity index (χ0n) is 21.5. The number of hydrogen-bond donors (Lipinski definition) is 1. The van der Waals surface area contributed by atoms with Gasteiger partial charge in [0.25, 0.3) is 0 Å². The normalized spacial score (nSPS) is 19.9. The molecule has 2 heterocycles. The summed E-state index contributed by atoms with van der Waals surface area (Å²) in [5.41, 5.74) is 3.66. The van der Waals surface area contributed by atoms with Crippen LogP contribution < -0.4 is 19.7 Å². The van der Waals surface area contributed by atoms with Crippen molar-refractivity contribution in [3.63, 3.8) is 0 Å². The first-order valence-electron chi connectivity index (χ1n) is 12.8. The average molecular weight is 484 g/mol. The van der Waals surface area contributed by atoms with Gasteiger partial charge in [0, 0.05) is 39.3 Å². The molecule has 7 nitrogen and oxygen atoms in total. The second-order valence-corrected chi connectivity index (χ2v) is 9.65. The van der Waals surface area contributed by atoms with Gasteiger partial charge in [-0.05, 0) is 68.9 Å². The van der Waals surface area contributed by atoms with Gasteiger partial charge in [0.15, 0.2) is 0 Å². The molecule has 7 heteroatoms. The molecule has 192 valence electrons. The van der Waals surface area contributed by atoms with Crippen molar-refractivity contribution in [1.29, 1.82) is 0 Å². The maximum atomic E-state index is 6.50. The molecule has 1 saturated heterocycles. The second kappa shape index (κ2) is 13.1. The van der Waals surface area contributed by atoms with E-state index in [1.54, 1.807) is 7.11 Å². The van der Waals surface area contributed by atoms with Crippen LogP contribution in [0, 0.1) is 0 Å². The van der Waals surface area contributed by atoms with E-state index in [0.717, 1.165) is 76.0 Å². The Hall–Kier alpha value is -2.32. The van der Waals surface area contributed by atoms with E-state index < -0.39 is 0 Å². The number of hydrogen-bond acceptors (Lipinski definition) is 7. The molecule has 0 saturated carbocycles. The molecule has 2 aliphatic heterocycles. The second-order valence-electron chi connectivity index (χ2n) is 9.65. The molecule has 2 atom stereocenters. The molecule has 0 radical (unpaired) electrons. The summed E-state index contributed by atoms with van der Waals surface area (Å²) in [6.45, 7) is 7.45. The van der Waals surface area contributed by atoms with Gasteiger partial charge in [-0.15, -0.1) is 0 Å². The van der Waals surface area contributed by atoms with E-state index in [0.29, 0.717) is 19.1 Å². The van der Waals surface area contributed by atoms with E-state index in [2.05, 4.69) is 71.7 Å². The third kappa shape index (κ3) is 7.34. The predicted octanol–water partition coefficient (Wildman–Crippen LogP) is 3.52. The number of likely N-dealkylation sites (N-methyl/N-ethyl adjacent to an activating group) is 1. The summed E-state index contributed by atoms with van der Waals surface area (Å²) < 4.78 is 23.5. The molecule has 0 spiro atoms. The van der Waals surface area contributed by atoms with E-state index in [-0.39, 0.29) is 6.10 Å². The smallest absolute Gasteiger partial charge is 0.142 e. The van der Waals surface area contributed by atoms with Crippen molar-refractivity contribution < 1.29 is 18.9 Å². The van der Waals surface area contributed by atoms with Gasteiger partial charge in [0.2, 0.25) is 0 Å². The van der Waals surface area contributed by atoms with Crippen LogP contribution in [-0.2, 0) is 16.1 Å². The highest BCUT2D eigenvalue weighted by molar-refractivity contribution is 5.61.